The SMILES string of the molecule is CCCC1C2C(CC)CC1(CC)C2C. The molecule has 0 saturated heterocycles. The van der Waals surface area contributed by atoms with Gasteiger partial charge in [-0.2, -0.15) is 0 Å². The van der Waals surface area contributed by atoms with E-state index >= 15 is 0 Å². The van der Waals surface area contributed by atoms with Crippen LogP contribution >= 0.6 is 0 Å². The molecule has 3 rings (SSSR count). The fourth-order valence-corrected chi connectivity index (χ4v) is 4.97. The third kappa shape index (κ3) is 1.06. The van der Waals surface area contributed by atoms with Crippen LogP contribution in [0, 0.1) is 29.1 Å². The molecule has 82 valence electrons. The minimum Gasteiger partial charge on any atom is -0.0654 e. The molecule has 0 spiro atoms. The molecule has 14 heavy (non-hydrogen) atoms. The summed E-state index contributed by atoms with van der Waals surface area (Å²) in [5.41, 5.74) is 0.779. The molecule has 0 nitrogen and oxygen atoms in total. The van der Waals surface area contributed by atoms with Gasteiger partial charge in [-0.15, -0.1) is 0 Å². The normalized spacial score (nSPS) is 50.6. The van der Waals surface area contributed by atoms with Gasteiger partial charge in [0.05, 0.1) is 0 Å². The van der Waals surface area contributed by atoms with Gasteiger partial charge in [0, 0.05) is 0 Å². The zero-order valence-corrected chi connectivity index (χ0v) is 10.3. The van der Waals surface area contributed by atoms with Gasteiger partial charge >= 0.3 is 0 Å². The van der Waals surface area contributed by atoms with Crippen LogP contribution in [-0.4, -0.2) is 0 Å². The Morgan fingerprint density at radius 1 is 1.21 bits per heavy atom. The molecule has 0 radical (unpaired) electrons. The van der Waals surface area contributed by atoms with Crippen molar-refractivity contribution in [2.45, 2.75) is 59.8 Å². The fraction of sp³-hybridized carbons (Fsp3) is 1.00. The van der Waals surface area contributed by atoms with Crippen LogP contribution in [0.5, 0.6) is 0 Å². The van der Waals surface area contributed by atoms with Gasteiger partial charge in [0.1, 0.15) is 0 Å². The van der Waals surface area contributed by atoms with Gasteiger partial charge in [0.2, 0.25) is 0 Å². The van der Waals surface area contributed by atoms with E-state index in [1.165, 1.54) is 25.7 Å². The Labute approximate surface area is 89.5 Å². The first kappa shape index (κ1) is 10.5. The summed E-state index contributed by atoms with van der Waals surface area (Å²) in [7, 11) is 0. The third-order valence-corrected chi connectivity index (χ3v) is 5.66. The highest BCUT2D eigenvalue weighted by Crippen LogP contribution is 2.72. The Morgan fingerprint density at radius 3 is 2.43 bits per heavy atom. The van der Waals surface area contributed by atoms with Crippen LogP contribution in [0.15, 0.2) is 0 Å². The Bertz CT molecular complexity index is 206. The summed E-state index contributed by atoms with van der Waals surface area (Å²) in [4.78, 5) is 0. The highest BCUT2D eigenvalue weighted by molar-refractivity contribution is 5.14. The van der Waals surface area contributed by atoms with Crippen molar-refractivity contribution < 1.29 is 0 Å². The van der Waals surface area contributed by atoms with E-state index in [1.54, 1.807) is 6.42 Å². The van der Waals surface area contributed by atoms with Gasteiger partial charge in [-0.05, 0) is 48.3 Å². The Morgan fingerprint density at radius 2 is 1.93 bits per heavy atom. The summed E-state index contributed by atoms with van der Waals surface area (Å²) in [5, 5.41) is 0. The molecule has 0 heteroatoms. The molecule has 5 unspecified atom stereocenters. The minimum atomic E-state index is 0.779. The van der Waals surface area contributed by atoms with Crippen molar-refractivity contribution in [3.8, 4) is 0 Å². The highest BCUT2D eigenvalue weighted by atomic mass is 14.7. The lowest BCUT2D eigenvalue weighted by Crippen LogP contribution is -2.48. The summed E-state index contributed by atoms with van der Waals surface area (Å²) >= 11 is 0. The summed E-state index contributed by atoms with van der Waals surface area (Å²) < 4.78 is 0. The van der Waals surface area contributed by atoms with Crippen molar-refractivity contribution in [1.29, 1.82) is 0 Å². The lowest BCUT2D eigenvalue weighted by molar-refractivity contribution is -0.0613. The van der Waals surface area contributed by atoms with Gasteiger partial charge in [0.15, 0.2) is 0 Å². The molecule has 3 fully saturated rings. The monoisotopic (exact) mass is 194 g/mol. The molecular formula is C14H26. The van der Waals surface area contributed by atoms with Crippen LogP contribution in [0.2, 0.25) is 0 Å². The number of rotatable bonds is 4. The van der Waals surface area contributed by atoms with Gasteiger partial charge in [-0.25, -0.2) is 0 Å². The lowest BCUT2D eigenvalue weighted by atomic mass is 9.50. The standard InChI is InChI=1S/C14H26/c1-5-8-12-13-10(4)14(12,7-3)9-11(13)6-2/h10-13H,5-9H2,1-4H3. The van der Waals surface area contributed by atoms with E-state index in [9.17, 15) is 0 Å². The zero-order valence-electron chi connectivity index (χ0n) is 10.3. The van der Waals surface area contributed by atoms with Gasteiger partial charge in [0.25, 0.3) is 0 Å². The molecular weight excluding hydrogens is 168 g/mol. The smallest absolute Gasteiger partial charge is 0.0238 e. The zero-order chi connectivity index (χ0) is 10.3. The van der Waals surface area contributed by atoms with E-state index in [1.807, 2.05) is 0 Å². The minimum absolute atomic E-state index is 0.779. The summed E-state index contributed by atoms with van der Waals surface area (Å²) in [6, 6.07) is 0. The maximum atomic E-state index is 2.52. The molecule has 0 aromatic rings. The molecule has 0 amide bonds. The molecule has 3 saturated carbocycles. The first-order valence-corrected chi connectivity index (χ1v) is 6.71. The largest absolute Gasteiger partial charge is 0.0654 e. The highest BCUT2D eigenvalue weighted by Gasteiger charge is 2.65. The second-order valence-corrected chi connectivity index (χ2v) is 5.72. The fourth-order valence-electron chi connectivity index (χ4n) is 4.97. The average Bonchev–Trinajstić information content (AvgIpc) is 2.69. The maximum Gasteiger partial charge on any atom is -0.0238 e. The van der Waals surface area contributed by atoms with E-state index < -0.39 is 0 Å². The van der Waals surface area contributed by atoms with E-state index in [-0.39, 0.29) is 0 Å². The molecule has 3 aliphatic rings. The predicted octanol–water partition coefficient (Wildman–Crippen LogP) is 4.49. The first-order chi connectivity index (χ1) is 6.71. The molecule has 0 heterocycles. The quantitative estimate of drug-likeness (QED) is 0.618. The van der Waals surface area contributed by atoms with Crippen molar-refractivity contribution in [2.75, 3.05) is 0 Å². The van der Waals surface area contributed by atoms with Crippen LogP contribution in [-0.2, 0) is 0 Å². The van der Waals surface area contributed by atoms with Gasteiger partial charge < -0.3 is 0 Å². The molecule has 5 atom stereocenters. The van der Waals surface area contributed by atoms with Crippen LogP contribution < -0.4 is 0 Å². The van der Waals surface area contributed by atoms with Crippen molar-refractivity contribution in [1.82, 2.24) is 0 Å². The number of fused-ring (bicyclic) bond motifs is 1. The molecule has 0 aliphatic heterocycles. The van der Waals surface area contributed by atoms with Crippen molar-refractivity contribution >= 4 is 0 Å². The molecule has 2 bridgehead atoms. The van der Waals surface area contributed by atoms with Gasteiger partial charge in [-0.1, -0.05) is 40.5 Å². The Balaban J connectivity index is 2.14. The second-order valence-electron chi connectivity index (χ2n) is 5.72. The maximum absolute atomic E-state index is 2.52. The number of hydrogen-bond acceptors (Lipinski definition) is 0. The van der Waals surface area contributed by atoms with E-state index in [0.717, 1.165) is 29.1 Å². The van der Waals surface area contributed by atoms with Crippen LogP contribution in [0.1, 0.15) is 59.8 Å². The van der Waals surface area contributed by atoms with Crippen LogP contribution in [0.25, 0.3) is 0 Å². The lowest BCUT2D eigenvalue weighted by Gasteiger charge is -2.54. The summed E-state index contributed by atoms with van der Waals surface area (Å²) in [6.45, 7) is 9.70. The molecule has 3 aliphatic carbocycles. The Kier molecular flexibility index (Phi) is 2.66. The predicted molar refractivity (Wildman–Crippen MR) is 62.2 cm³/mol. The average molecular weight is 194 g/mol. The molecule has 0 aromatic carbocycles. The van der Waals surface area contributed by atoms with Crippen molar-refractivity contribution in [3.05, 3.63) is 0 Å². The van der Waals surface area contributed by atoms with Crippen molar-refractivity contribution in [2.24, 2.45) is 29.1 Å². The summed E-state index contributed by atoms with van der Waals surface area (Å²) in [6.07, 6.45) is 7.31. The summed E-state index contributed by atoms with van der Waals surface area (Å²) in [5.74, 6) is 4.30. The van der Waals surface area contributed by atoms with E-state index in [0.29, 0.717) is 0 Å². The third-order valence-electron chi connectivity index (χ3n) is 5.66. The Hall–Kier alpha value is 0. The van der Waals surface area contributed by atoms with Crippen molar-refractivity contribution in [3.63, 3.8) is 0 Å². The molecule has 0 N–H and O–H groups in total. The van der Waals surface area contributed by atoms with E-state index in [2.05, 4.69) is 27.7 Å². The van der Waals surface area contributed by atoms with Crippen LogP contribution in [0.3, 0.4) is 0 Å². The second kappa shape index (κ2) is 3.54. The van der Waals surface area contributed by atoms with Gasteiger partial charge in [-0.3, -0.25) is 0 Å². The van der Waals surface area contributed by atoms with Crippen LogP contribution in [0.4, 0.5) is 0 Å². The number of hydrogen-bond donors (Lipinski definition) is 0. The topological polar surface area (TPSA) is 0 Å². The van der Waals surface area contributed by atoms with E-state index in [4.69, 9.17) is 0 Å². The molecule has 0 aromatic heterocycles. The first-order valence-electron chi connectivity index (χ1n) is 6.71.